The van der Waals surface area contributed by atoms with Crippen molar-refractivity contribution in [2.45, 2.75) is 0 Å². The summed E-state index contributed by atoms with van der Waals surface area (Å²) in [5.41, 5.74) is 1.33. The minimum atomic E-state index is -0.203. The third-order valence-corrected chi connectivity index (χ3v) is 5.82. The van der Waals surface area contributed by atoms with Crippen LogP contribution in [0.1, 0.15) is 5.56 Å². The predicted molar refractivity (Wildman–Crippen MR) is 111 cm³/mol. The van der Waals surface area contributed by atoms with Gasteiger partial charge in [0, 0.05) is 15.6 Å². The number of anilines is 1. The zero-order chi connectivity index (χ0) is 18.0. The first-order valence-corrected chi connectivity index (χ1v) is 9.51. The van der Waals surface area contributed by atoms with Crippen molar-refractivity contribution in [2.75, 3.05) is 12.0 Å². The molecule has 1 amide bonds. The van der Waals surface area contributed by atoms with Crippen molar-refractivity contribution in [1.29, 1.82) is 0 Å². The molecule has 1 fully saturated rings. The molecule has 0 aromatic heterocycles. The highest BCUT2D eigenvalue weighted by Crippen LogP contribution is 2.35. The Kier molecular flexibility index (Phi) is 5.92. The molecule has 0 atom stereocenters. The zero-order valence-corrected chi connectivity index (χ0v) is 16.5. The van der Waals surface area contributed by atoms with Gasteiger partial charge in [0.1, 0.15) is 4.32 Å². The van der Waals surface area contributed by atoms with Gasteiger partial charge in [-0.3, -0.25) is 9.69 Å². The van der Waals surface area contributed by atoms with Gasteiger partial charge in [0.15, 0.2) is 0 Å². The Hall–Kier alpha value is -1.24. The van der Waals surface area contributed by atoms with Crippen LogP contribution in [0.4, 0.5) is 5.69 Å². The first-order valence-electron chi connectivity index (χ1n) is 7.15. The topological polar surface area (TPSA) is 32.3 Å². The highest BCUT2D eigenvalue weighted by atomic mass is 35.5. The summed E-state index contributed by atoms with van der Waals surface area (Å²) in [5.74, 6) is -0.203. The molecule has 0 saturated carbocycles. The van der Waals surface area contributed by atoms with Crippen molar-refractivity contribution in [3.05, 3.63) is 68.0 Å². The van der Waals surface area contributed by atoms with Crippen molar-refractivity contribution in [3.8, 4) is 0 Å². The molecule has 1 N–H and O–H groups in total. The van der Waals surface area contributed by atoms with Crippen molar-refractivity contribution >= 4 is 80.8 Å². The molecular weight excluding hydrogens is 419 g/mol. The van der Waals surface area contributed by atoms with Gasteiger partial charge in [-0.05, 0) is 30.3 Å². The molecule has 1 aliphatic rings. The number of halogens is 3. The quantitative estimate of drug-likeness (QED) is 0.483. The fraction of sp³-hybridized carbons (Fsp3) is 0.0588. The summed E-state index contributed by atoms with van der Waals surface area (Å²) in [6.07, 6.45) is 1.67. The van der Waals surface area contributed by atoms with E-state index in [1.54, 1.807) is 30.3 Å². The molecule has 128 valence electrons. The number of hydrogen-bond acceptors (Lipinski definition) is 4. The molecule has 3 rings (SSSR count). The molecule has 3 nitrogen and oxygen atoms in total. The van der Waals surface area contributed by atoms with Crippen LogP contribution in [0.2, 0.25) is 15.1 Å². The van der Waals surface area contributed by atoms with Gasteiger partial charge in [-0.15, -0.1) is 0 Å². The Morgan fingerprint density at radius 2 is 1.68 bits per heavy atom. The molecule has 1 saturated heterocycles. The third kappa shape index (κ3) is 4.13. The summed E-state index contributed by atoms with van der Waals surface area (Å²) in [6, 6.07) is 12.5. The lowest BCUT2D eigenvalue weighted by molar-refractivity contribution is -0.121. The fourth-order valence-electron chi connectivity index (χ4n) is 2.18. The van der Waals surface area contributed by atoms with E-state index in [1.165, 1.54) is 16.7 Å². The Balaban J connectivity index is 1.78. The van der Waals surface area contributed by atoms with Gasteiger partial charge in [-0.2, -0.15) is 0 Å². The van der Waals surface area contributed by atoms with E-state index >= 15 is 0 Å². The molecule has 0 unspecified atom stereocenters. The normalized spacial score (nSPS) is 16.0. The zero-order valence-electron chi connectivity index (χ0n) is 12.6. The van der Waals surface area contributed by atoms with E-state index in [1.807, 2.05) is 18.2 Å². The number of hydrogen-bond donors (Lipinski definition) is 1. The summed E-state index contributed by atoms with van der Waals surface area (Å²) >= 11 is 25.0. The molecule has 25 heavy (non-hydrogen) atoms. The van der Waals surface area contributed by atoms with Crippen molar-refractivity contribution in [1.82, 2.24) is 4.90 Å². The summed E-state index contributed by atoms with van der Waals surface area (Å²) in [7, 11) is 0. The molecule has 0 radical (unpaired) electrons. The van der Waals surface area contributed by atoms with Crippen LogP contribution < -0.4 is 5.32 Å². The van der Waals surface area contributed by atoms with Crippen molar-refractivity contribution < 1.29 is 4.79 Å². The maximum Gasteiger partial charge on any atom is 0.267 e. The first kappa shape index (κ1) is 18.5. The van der Waals surface area contributed by atoms with Crippen LogP contribution in [-0.2, 0) is 4.79 Å². The summed E-state index contributed by atoms with van der Waals surface area (Å²) in [5, 5.41) is 4.65. The average molecular weight is 430 g/mol. The second-order valence-electron chi connectivity index (χ2n) is 5.06. The maximum atomic E-state index is 12.6. The lowest BCUT2D eigenvalue weighted by Gasteiger charge is -2.16. The summed E-state index contributed by atoms with van der Waals surface area (Å²) in [6.45, 7) is 0.224. The molecule has 8 heteroatoms. The van der Waals surface area contributed by atoms with Crippen molar-refractivity contribution in [3.63, 3.8) is 0 Å². The highest BCUT2D eigenvalue weighted by Gasteiger charge is 2.32. The lowest BCUT2D eigenvalue weighted by Crippen LogP contribution is -2.33. The van der Waals surface area contributed by atoms with Crippen molar-refractivity contribution in [2.24, 2.45) is 0 Å². The summed E-state index contributed by atoms with van der Waals surface area (Å²) < 4.78 is 0.457. The third-order valence-electron chi connectivity index (χ3n) is 3.45. The lowest BCUT2D eigenvalue weighted by atomic mass is 10.2. The molecule has 0 aliphatic carbocycles. The van der Waals surface area contributed by atoms with E-state index in [0.29, 0.717) is 29.9 Å². The van der Waals surface area contributed by atoms with Crippen LogP contribution in [0.3, 0.4) is 0 Å². The van der Waals surface area contributed by atoms with Crippen LogP contribution in [-0.4, -0.2) is 21.8 Å². The van der Waals surface area contributed by atoms with Gasteiger partial charge in [-0.25, -0.2) is 0 Å². The number of rotatable bonds is 4. The first-order chi connectivity index (χ1) is 12.0. The van der Waals surface area contributed by atoms with Crippen LogP contribution in [0, 0.1) is 0 Å². The fourth-order valence-corrected chi connectivity index (χ4v) is 4.13. The number of para-hydroxylation sites is 1. The van der Waals surface area contributed by atoms with Gasteiger partial charge >= 0.3 is 0 Å². The van der Waals surface area contributed by atoms with Gasteiger partial charge in [0.05, 0.1) is 22.3 Å². The minimum absolute atomic E-state index is 0.203. The standard InChI is InChI=1S/C17H11Cl3N2OS2/c18-11-5-3-6-12(19)10(11)8-15-16(23)22(17(24)25-15)9-21-14-7-2-1-4-13(14)20/h1-8,21H,9H2. The van der Waals surface area contributed by atoms with E-state index in [9.17, 15) is 4.79 Å². The Bertz CT molecular complexity index is 866. The van der Waals surface area contributed by atoms with E-state index in [-0.39, 0.29) is 12.6 Å². The van der Waals surface area contributed by atoms with Crippen LogP contribution in [0.15, 0.2) is 47.4 Å². The van der Waals surface area contributed by atoms with E-state index in [0.717, 1.165) is 5.69 Å². The molecule has 0 spiro atoms. The van der Waals surface area contributed by atoms with E-state index < -0.39 is 0 Å². The maximum absolute atomic E-state index is 12.6. The number of benzene rings is 2. The number of carbonyl (C=O) groups excluding carboxylic acids is 1. The number of nitrogens with one attached hydrogen (secondary N) is 1. The monoisotopic (exact) mass is 428 g/mol. The van der Waals surface area contributed by atoms with Gasteiger partial charge in [0.2, 0.25) is 0 Å². The van der Waals surface area contributed by atoms with Crippen LogP contribution in [0.5, 0.6) is 0 Å². The number of carbonyl (C=O) groups is 1. The molecular formula is C17H11Cl3N2OS2. The number of nitrogens with zero attached hydrogens (tertiary/aromatic N) is 1. The Labute approximate surface area is 169 Å². The number of amides is 1. The highest BCUT2D eigenvalue weighted by molar-refractivity contribution is 8.26. The Morgan fingerprint density at radius 1 is 1.04 bits per heavy atom. The average Bonchev–Trinajstić information content (AvgIpc) is 2.84. The summed E-state index contributed by atoms with van der Waals surface area (Å²) in [4.78, 5) is 14.6. The smallest absolute Gasteiger partial charge is 0.267 e. The molecule has 0 bridgehead atoms. The van der Waals surface area contributed by atoms with Gasteiger partial charge < -0.3 is 5.32 Å². The number of thiocarbonyl (C=S) groups is 1. The molecule has 2 aromatic carbocycles. The van der Waals surface area contributed by atoms with Crippen LogP contribution in [0.25, 0.3) is 6.08 Å². The molecule has 1 heterocycles. The predicted octanol–water partition coefficient (Wildman–Crippen LogP) is 5.92. The van der Waals surface area contributed by atoms with Gasteiger partial charge in [0.25, 0.3) is 5.91 Å². The van der Waals surface area contributed by atoms with E-state index in [2.05, 4.69) is 5.32 Å². The van der Waals surface area contributed by atoms with Gasteiger partial charge in [-0.1, -0.05) is 77.0 Å². The SMILES string of the molecule is O=C1C(=Cc2c(Cl)cccc2Cl)SC(=S)N1CNc1ccccc1Cl. The van der Waals surface area contributed by atoms with E-state index in [4.69, 9.17) is 47.0 Å². The Morgan fingerprint density at radius 3 is 2.36 bits per heavy atom. The van der Waals surface area contributed by atoms with Crippen LogP contribution >= 0.6 is 58.8 Å². The second kappa shape index (κ2) is 7.98. The largest absolute Gasteiger partial charge is 0.366 e. The second-order valence-corrected chi connectivity index (χ2v) is 7.96. The molecule has 2 aromatic rings. The minimum Gasteiger partial charge on any atom is -0.366 e. The molecule has 1 aliphatic heterocycles. The number of thioether (sulfide) groups is 1.